The second-order valence-corrected chi connectivity index (χ2v) is 3.56. The summed E-state index contributed by atoms with van der Waals surface area (Å²) < 4.78 is 7.19. The molecule has 1 aromatic heterocycles. The normalized spacial score (nSPS) is 10.2. The first-order valence-corrected chi connectivity index (χ1v) is 5.53. The first-order chi connectivity index (χ1) is 8.31. The fraction of sp³-hybridized carbons (Fsp3) is 0.231. The van der Waals surface area contributed by atoms with E-state index in [1.54, 1.807) is 17.0 Å². The Morgan fingerprint density at radius 1 is 1.35 bits per heavy atom. The molecule has 4 heteroatoms. The van der Waals surface area contributed by atoms with Gasteiger partial charge in [0.15, 0.2) is 12.4 Å². The lowest BCUT2D eigenvalue weighted by molar-refractivity contribution is 0.0907. The summed E-state index contributed by atoms with van der Waals surface area (Å²) in [5.41, 5.74) is 0. The van der Waals surface area contributed by atoms with Gasteiger partial charge in [0.05, 0.1) is 0 Å². The molecule has 0 spiro atoms. The molecule has 2 rings (SSSR count). The van der Waals surface area contributed by atoms with Crippen molar-refractivity contribution >= 4 is 5.78 Å². The number of hydrogen-bond acceptors (Lipinski definition) is 3. The largest absolute Gasteiger partial charge is 0.485 e. The highest BCUT2D eigenvalue weighted by molar-refractivity contribution is 5.94. The average molecular weight is 230 g/mol. The number of aromatic nitrogens is 2. The number of carbonyl (C=O) groups excluding carboxylic acids is 1. The Balaban J connectivity index is 1.98. The number of rotatable bonds is 5. The van der Waals surface area contributed by atoms with Crippen LogP contribution in [0.5, 0.6) is 5.75 Å². The molecule has 1 aromatic carbocycles. The summed E-state index contributed by atoms with van der Waals surface area (Å²) in [5, 5.41) is 0. The van der Waals surface area contributed by atoms with Crippen LogP contribution in [0, 0.1) is 0 Å². The molecule has 0 N–H and O–H groups in total. The first kappa shape index (κ1) is 11.4. The summed E-state index contributed by atoms with van der Waals surface area (Å²) in [4.78, 5) is 15.9. The van der Waals surface area contributed by atoms with Crippen LogP contribution in [0.3, 0.4) is 0 Å². The van der Waals surface area contributed by atoms with Gasteiger partial charge in [0.2, 0.25) is 5.78 Å². The van der Waals surface area contributed by atoms with Gasteiger partial charge in [-0.2, -0.15) is 0 Å². The van der Waals surface area contributed by atoms with E-state index in [4.69, 9.17) is 4.74 Å². The molecule has 0 amide bonds. The molecule has 88 valence electrons. The molecule has 0 atom stereocenters. The van der Waals surface area contributed by atoms with Crippen LogP contribution in [0.25, 0.3) is 0 Å². The zero-order valence-corrected chi connectivity index (χ0v) is 9.67. The predicted octanol–water partition coefficient (Wildman–Crippen LogP) is 2.16. The Kier molecular flexibility index (Phi) is 3.55. The Bertz CT molecular complexity index is 491. The topological polar surface area (TPSA) is 44.1 Å². The molecule has 0 aliphatic carbocycles. The molecule has 0 fully saturated rings. The number of hydrogen-bond donors (Lipinski definition) is 0. The van der Waals surface area contributed by atoms with E-state index in [-0.39, 0.29) is 12.4 Å². The molecule has 1 heterocycles. The van der Waals surface area contributed by atoms with Crippen molar-refractivity contribution in [2.45, 2.75) is 13.5 Å². The van der Waals surface area contributed by atoms with Crippen LogP contribution in [0.1, 0.15) is 17.5 Å². The lowest BCUT2D eigenvalue weighted by Gasteiger charge is -2.06. The minimum atomic E-state index is -0.110. The Morgan fingerprint density at radius 2 is 2.12 bits per heavy atom. The average Bonchev–Trinajstić information content (AvgIpc) is 2.85. The molecule has 0 aliphatic heterocycles. The fourth-order valence-electron chi connectivity index (χ4n) is 1.55. The Morgan fingerprint density at radius 3 is 2.82 bits per heavy atom. The zero-order valence-electron chi connectivity index (χ0n) is 9.67. The zero-order chi connectivity index (χ0) is 12.1. The number of aryl methyl sites for hydroxylation is 1. The van der Waals surface area contributed by atoms with Crippen LogP contribution in [0.4, 0.5) is 0 Å². The maximum atomic E-state index is 11.9. The highest BCUT2D eigenvalue weighted by atomic mass is 16.5. The third kappa shape index (κ3) is 2.72. The third-order valence-electron chi connectivity index (χ3n) is 2.42. The minimum Gasteiger partial charge on any atom is -0.485 e. The van der Waals surface area contributed by atoms with E-state index in [0.29, 0.717) is 11.6 Å². The first-order valence-electron chi connectivity index (χ1n) is 5.53. The van der Waals surface area contributed by atoms with Crippen LogP contribution in [-0.2, 0) is 6.54 Å². The van der Waals surface area contributed by atoms with Crippen molar-refractivity contribution in [1.82, 2.24) is 9.55 Å². The Labute approximate surface area is 99.9 Å². The van der Waals surface area contributed by atoms with E-state index in [9.17, 15) is 4.79 Å². The van der Waals surface area contributed by atoms with E-state index in [1.807, 2.05) is 37.3 Å². The minimum absolute atomic E-state index is 0.0149. The molecule has 0 radical (unpaired) electrons. The molecule has 4 nitrogen and oxygen atoms in total. The summed E-state index contributed by atoms with van der Waals surface area (Å²) >= 11 is 0. The monoisotopic (exact) mass is 230 g/mol. The van der Waals surface area contributed by atoms with Crippen LogP contribution in [0.2, 0.25) is 0 Å². The van der Waals surface area contributed by atoms with Crippen molar-refractivity contribution in [1.29, 1.82) is 0 Å². The standard InChI is InChI=1S/C13H14N2O2/c1-2-15-9-8-14-13(15)12(16)10-17-11-6-4-3-5-7-11/h3-9H,2,10H2,1H3. The molecular weight excluding hydrogens is 216 g/mol. The van der Waals surface area contributed by atoms with Crippen molar-refractivity contribution in [3.8, 4) is 5.75 Å². The summed E-state index contributed by atoms with van der Waals surface area (Å²) in [6.07, 6.45) is 3.41. The Hall–Kier alpha value is -2.10. The number of Topliss-reactive ketones (excluding diaryl/α,β-unsaturated/α-hetero) is 1. The van der Waals surface area contributed by atoms with Crippen molar-refractivity contribution in [3.05, 3.63) is 48.5 Å². The molecule has 17 heavy (non-hydrogen) atoms. The second-order valence-electron chi connectivity index (χ2n) is 3.56. The van der Waals surface area contributed by atoms with Gasteiger partial charge in [-0.3, -0.25) is 4.79 Å². The van der Waals surface area contributed by atoms with E-state index < -0.39 is 0 Å². The van der Waals surface area contributed by atoms with Gasteiger partial charge in [-0.05, 0) is 19.1 Å². The summed E-state index contributed by atoms with van der Waals surface area (Å²) in [5.74, 6) is 1.03. The molecule has 0 bridgehead atoms. The number of carbonyl (C=O) groups is 1. The lowest BCUT2D eigenvalue weighted by Crippen LogP contribution is -2.16. The van der Waals surface area contributed by atoms with E-state index in [2.05, 4.69) is 4.98 Å². The predicted molar refractivity (Wildman–Crippen MR) is 64.2 cm³/mol. The van der Waals surface area contributed by atoms with Gasteiger partial charge in [-0.1, -0.05) is 18.2 Å². The maximum Gasteiger partial charge on any atom is 0.235 e. The van der Waals surface area contributed by atoms with Crippen LogP contribution < -0.4 is 4.74 Å². The van der Waals surface area contributed by atoms with Gasteiger partial charge < -0.3 is 9.30 Å². The van der Waals surface area contributed by atoms with Crippen LogP contribution in [-0.4, -0.2) is 21.9 Å². The van der Waals surface area contributed by atoms with Gasteiger partial charge in [0.1, 0.15) is 5.75 Å². The summed E-state index contributed by atoms with van der Waals surface area (Å²) in [7, 11) is 0. The lowest BCUT2D eigenvalue weighted by atomic mass is 10.3. The van der Waals surface area contributed by atoms with Gasteiger partial charge in [0, 0.05) is 18.9 Å². The molecule has 0 aliphatic rings. The summed E-state index contributed by atoms with van der Waals surface area (Å²) in [6, 6.07) is 9.28. The molecule has 0 saturated heterocycles. The van der Waals surface area contributed by atoms with E-state index >= 15 is 0 Å². The van der Waals surface area contributed by atoms with Crippen LogP contribution >= 0.6 is 0 Å². The van der Waals surface area contributed by atoms with Gasteiger partial charge in [-0.15, -0.1) is 0 Å². The third-order valence-corrected chi connectivity index (χ3v) is 2.42. The fourth-order valence-corrected chi connectivity index (χ4v) is 1.55. The number of ether oxygens (including phenoxy) is 1. The van der Waals surface area contributed by atoms with E-state index in [0.717, 1.165) is 6.54 Å². The number of para-hydroxylation sites is 1. The smallest absolute Gasteiger partial charge is 0.235 e. The number of ketones is 1. The van der Waals surface area contributed by atoms with Crippen molar-refractivity contribution in [2.24, 2.45) is 0 Å². The van der Waals surface area contributed by atoms with Gasteiger partial charge in [0.25, 0.3) is 0 Å². The quantitative estimate of drug-likeness (QED) is 0.739. The molecule has 0 saturated carbocycles. The van der Waals surface area contributed by atoms with Crippen molar-refractivity contribution in [3.63, 3.8) is 0 Å². The number of imidazole rings is 1. The highest BCUT2D eigenvalue weighted by Crippen LogP contribution is 2.09. The molecular formula is C13H14N2O2. The molecule has 2 aromatic rings. The van der Waals surface area contributed by atoms with Gasteiger partial charge >= 0.3 is 0 Å². The molecule has 0 unspecified atom stereocenters. The number of benzene rings is 1. The number of nitrogens with zero attached hydrogens (tertiary/aromatic N) is 2. The van der Waals surface area contributed by atoms with Gasteiger partial charge in [-0.25, -0.2) is 4.98 Å². The van der Waals surface area contributed by atoms with Crippen molar-refractivity contribution < 1.29 is 9.53 Å². The SMILES string of the molecule is CCn1ccnc1C(=O)COc1ccccc1. The van der Waals surface area contributed by atoms with Crippen molar-refractivity contribution in [2.75, 3.05) is 6.61 Å². The van der Waals surface area contributed by atoms with Crippen LogP contribution in [0.15, 0.2) is 42.7 Å². The maximum absolute atomic E-state index is 11.9. The highest BCUT2D eigenvalue weighted by Gasteiger charge is 2.12. The second kappa shape index (κ2) is 5.30. The summed E-state index contributed by atoms with van der Waals surface area (Å²) in [6.45, 7) is 2.71. The van der Waals surface area contributed by atoms with E-state index in [1.165, 1.54) is 0 Å².